The molecular formula is C26H25N5OS. The van der Waals surface area contributed by atoms with Crippen molar-refractivity contribution in [2.75, 3.05) is 4.90 Å². The Morgan fingerprint density at radius 3 is 2.48 bits per heavy atom. The predicted molar refractivity (Wildman–Crippen MR) is 134 cm³/mol. The highest BCUT2D eigenvalue weighted by molar-refractivity contribution is 7.80. The third kappa shape index (κ3) is 4.19. The van der Waals surface area contributed by atoms with Crippen molar-refractivity contribution in [3.8, 4) is 11.4 Å². The van der Waals surface area contributed by atoms with Crippen LogP contribution in [0.5, 0.6) is 5.75 Å². The van der Waals surface area contributed by atoms with E-state index in [1.807, 2.05) is 62.6 Å². The number of hydrogen-bond acceptors (Lipinski definition) is 4. The molecule has 4 aromatic rings. The van der Waals surface area contributed by atoms with Crippen LogP contribution >= 0.6 is 12.2 Å². The summed E-state index contributed by atoms with van der Waals surface area (Å²) >= 11 is 5.85. The van der Waals surface area contributed by atoms with Crippen LogP contribution in [0.1, 0.15) is 37.3 Å². The van der Waals surface area contributed by atoms with E-state index in [0.717, 1.165) is 28.5 Å². The molecule has 1 aliphatic rings. The van der Waals surface area contributed by atoms with Gasteiger partial charge in [0.1, 0.15) is 11.8 Å². The first-order valence-electron chi connectivity index (χ1n) is 11.0. The Hall–Kier alpha value is -3.71. The number of nitrogens with one attached hydrogen (secondary N) is 1. The number of anilines is 1. The van der Waals surface area contributed by atoms with Gasteiger partial charge in [0.25, 0.3) is 0 Å². The minimum absolute atomic E-state index is 0.112. The first kappa shape index (κ1) is 21.2. The monoisotopic (exact) mass is 455 g/mol. The summed E-state index contributed by atoms with van der Waals surface area (Å²) in [5.74, 6) is 0.836. The molecule has 1 fully saturated rings. The van der Waals surface area contributed by atoms with E-state index in [9.17, 15) is 0 Å². The predicted octanol–water partition coefficient (Wildman–Crippen LogP) is 5.23. The molecule has 2 atom stereocenters. The highest BCUT2D eigenvalue weighted by atomic mass is 32.1. The lowest BCUT2D eigenvalue weighted by Crippen LogP contribution is -2.30. The van der Waals surface area contributed by atoms with E-state index >= 15 is 0 Å². The molecule has 1 aromatic carbocycles. The Balaban J connectivity index is 1.60. The first-order chi connectivity index (χ1) is 16.1. The largest absolute Gasteiger partial charge is 0.491 e. The van der Waals surface area contributed by atoms with E-state index in [0.29, 0.717) is 5.11 Å². The Labute approximate surface area is 198 Å². The van der Waals surface area contributed by atoms with Crippen molar-refractivity contribution in [1.29, 1.82) is 0 Å². The number of ether oxygens (including phenoxy) is 1. The fourth-order valence-electron chi connectivity index (χ4n) is 4.26. The molecular weight excluding hydrogens is 430 g/mol. The molecule has 0 radical (unpaired) electrons. The van der Waals surface area contributed by atoms with Crippen molar-refractivity contribution in [1.82, 2.24) is 19.9 Å². The van der Waals surface area contributed by atoms with Crippen molar-refractivity contribution in [3.63, 3.8) is 0 Å². The van der Waals surface area contributed by atoms with Gasteiger partial charge in [0, 0.05) is 30.0 Å². The zero-order valence-electron chi connectivity index (χ0n) is 18.5. The second-order valence-electron chi connectivity index (χ2n) is 8.17. The molecule has 3 aromatic heterocycles. The Morgan fingerprint density at radius 1 is 0.939 bits per heavy atom. The van der Waals surface area contributed by atoms with Crippen LogP contribution in [0.3, 0.4) is 0 Å². The summed E-state index contributed by atoms with van der Waals surface area (Å²) in [6.07, 6.45) is 7.64. The molecule has 0 spiro atoms. The molecule has 7 heteroatoms. The Morgan fingerprint density at radius 2 is 1.79 bits per heavy atom. The standard InChI is InChI=1S/C26H25N5OS/c1-18(2)32-21-12-10-19(11-13-21)31-25(24(29-26(31)33)22-8-3-4-15-28-22)23-9-6-16-30(23)20-7-5-14-27-17-20/h3-18,24-25H,1-2H3,(H,29,33)/t24-,25+/m1/s1. The lowest BCUT2D eigenvalue weighted by atomic mass is 10.0. The molecule has 0 amide bonds. The van der Waals surface area contributed by atoms with E-state index in [4.69, 9.17) is 17.0 Å². The molecule has 1 saturated heterocycles. The van der Waals surface area contributed by atoms with Crippen LogP contribution in [0.25, 0.3) is 5.69 Å². The minimum Gasteiger partial charge on any atom is -0.491 e. The fraction of sp³-hybridized carbons (Fsp3) is 0.192. The number of nitrogens with zero attached hydrogens (tertiary/aromatic N) is 4. The molecule has 5 rings (SSSR count). The Kier molecular flexibility index (Phi) is 5.79. The zero-order chi connectivity index (χ0) is 22.8. The van der Waals surface area contributed by atoms with Gasteiger partial charge in [-0.2, -0.15) is 0 Å². The molecule has 33 heavy (non-hydrogen) atoms. The van der Waals surface area contributed by atoms with E-state index in [-0.39, 0.29) is 18.2 Å². The van der Waals surface area contributed by atoms with Gasteiger partial charge >= 0.3 is 0 Å². The van der Waals surface area contributed by atoms with Crippen molar-refractivity contribution >= 4 is 23.0 Å². The summed E-state index contributed by atoms with van der Waals surface area (Å²) in [6.45, 7) is 4.04. The van der Waals surface area contributed by atoms with Gasteiger partial charge in [-0.3, -0.25) is 9.97 Å². The number of aromatic nitrogens is 3. The van der Waals surface area contributed by atoms with Crippen LogP contribution in [0.2, 0.25) is 0 Å². The lowest BCUT2D eigenvalue weighted by Gasteiger charge is -2.29. The van der Waals surface area contributed by atoms with Crippen LogP contribution < -0.4 is 15.0 Å². The van der Waals surface area contributed by atoms with Crippen LogP contribution in [0, 0.1) is 0 Å². The van der Waals surface area contributed by atoms with Crippen molar-refractivity contribution < 1.29 is 4.74 Å². The quantitative estimate of drug-likeness (QED) is 0.402. The molecule has 166 valence electrons. The summed E-state index contributed by atoms with van der Waals surface area (Å²) in [4.78, 5) is 11.1. The maximum absolute atomic E-state index is 5.85. The minimum atomic E-state index is -0.115. The molecule has 0 saturated carbocycles. The van der Waals surface area contributed by atoms with Crippen molar-refractivity contribution in [3.05, 3.63) is 103 Å². The zero-order valence-corrected chi connectivity index (χ0v) is 19.3. The topological polar surface area (TPSA) is 55.2 Å². The fourth-order valence-corrected chi connectivity index (χ4v) is 4.60. The highest BCUT2D eigenvalue weighted by Crippen LogP contribution is 2.42. The van der Waals surface area contributed by atoms with Crippen molar-refractivity contribution in [2.45, 2.75) is 32.0 Å². The maximum Gasteiger partial charge on any atom is 0.174 e. The number of rotatable bonds is 6. The van der Waals surface area contributed by atoms with Gasteiger partial charge in [-0.1, -0.05) is 6.07 Å². The van der Waals surface area contributed by atoms with Gasteiger partial charge in [-0.25, -0.2) is 0 Å². The smallest absolute Gasteiger partial charge is 0.174 e. The Bertz CT molecular complexity index is 1220. The maximum atomic E-state index is 5.85. The first-order valence-corrected chi connectivity index (χ1v) is 11.4. The van der Waals surface area contributed by atoms with Gasteiger partial charge in [-0.15, -0.1) is 0 Å². The summed E-state index contributed by atoms with van der Waals surface area (Å²) < 4.78 is 8.00. The second-order valence-corrected chi connectivity index (χ2v) is 8.56. The van der Waals surface area contributed by atoms with Gasteiger partial charge in [0.15, 0.2) is 5.11 Å². The average Bonchev–Trinajstić information content (AvgIpc) is 3.45. The molecule has 4 heterocycles. The third-order valence-electron chi connectivity index (χ3n) is 5.59. The number of hydrogen-bond donors (Lipinski definition) is 1. The third-order valence-corrected chi connectivity index (χ3v) is 5.91. The van der Waals surface area contributed by atoms with Gasteiger partial charge in [-0.05, 0) is 86.7 Å². The van der Waals surface area contributed by atoms with E-state index in [1.54, 1.807) is 6.20 Å². The summed E-state index contributed by atoms with van der Waals surface area (Å²) in [7, 11) is 0. The van der Waals surface area contributed by atoms with Crippen LogP contribution in [-0.2, 0) is 0 Å². The van der Waals surface area contributed by atoms with Crippen LogP contribution in [0.4, 0.5) is 5.69 Å². The summed E-state index contributed by atoms with van der Waals surface area (Å²) in [6, 6.07) is 22.0. The summed E-state index contributed by atoms with van der Waals surface area (Å²) in [5, 5.41) is 4.18. The van der Waals surface area contributed by atoms with Gasteiger partial charge < -0.3 is 19.5 Å². The van der Waals surface area contributed by atoms with E-state index in [1.165, 1.54) is 0 Å². The molecule has 0 unspecified atom stereocenters. The molecule has 0 bridgehead atoms. The van der Waals surface area contributed by atoms with E-state index < -0.39 is 0 Å². The number of thiocarbonyl (C=S) groups is 1. The molecule has 0 aliphatic carbocycles. The average molecular weight is 456 g/mol. The normalized spacial score (nSPS) is 17.9. The SMILES string of the molecule is CC(C)Oc1ccc(N2C(=S)N[C@H](c3ccccn3)[C@@H]2c2cccn2-c2cccnc2)cc1. The van der Waals surface area contributed by atoms with Crippen molar-refractivity contribution in [2.24, 2.45) is 0 Å². The number of benzene rings is 1. The number of pyridine rings is 2. The second kappa shape index (κ2) is 9.03. The summed E-state index contributed by atoms with van der Waals surface area (Å²) in [5.41, 5.74) is 4.02. The van der Waals surface area contributed by atoms with Crippen LogP contribution in [0.15, 0.2) is 91.5 Å². The molecule has 1 aliphatic heterocycles. The molecule has 6 nitrogen and oxygen atoms in total. The molecule has 1 N–H and O–H groups in total. The van der Waals surface area contributed by atoms with Gasteiger partial charge in [0.05, 0.1) is 29.7 Å². The van der Waals surface area contributed by atoms with Crippen LogP contribution in [-0.4, -0.2) is 25.8 Å². The lowest BCUT2D eigenvalue weighted by molar-refractivity contribution is 0.242. The highest BCUT2D eigenvalue weighted by Gasteiger charge is 2.42. The van der Waals surface area contributed by atoms with E-state index in [2.05, 4.69) is 61.3 Å². The van der Waals surface area contributed by atoms with Gasteiger partial charge in [0.2, 0.25) is 0 Å².